The molecule has 2 rings (SSSR count). The lowest BCUT2D eigenvalue weighted by Gasteiger charge is -2.35. The van der Waals surface area contributed by atoms with E-state index in [2.05, 4.69) is 0 Å². The molecule has 2 amide bonds. The summed E-state index contributed by atoms with van der Waals surface area (Å²) < 4.78 is 13.4. The second-order valence-corrected chi connectivity index (χ2v) is 5.51. The lowest BCUT2D eigenvalue weighted by atomic mass is 9.97. The Morgan fingerprint density at radius 3 is 2.81 bits per heavy atom. The molecule has 1 aliphatic heterocycles. The second kappa shape index (κ2) is 6.30. The molecule has 21 heavy (non-hydrogen) atoms. The van der Waals surface area contributed by atoms with E-state index in [4.69, 9.17) is 17.3 Å². The third-order valence-corrected chi connectivity index (χ3v) is 3.87. The number of phenolic OH excluding ortho intramolecular Hbond substituents is 1. The van der Waals surface area contributed by atoms with Crippen molar-refractivity contribution in [1.29, 1.82) is 0 Å². The number of nitrogens with zero attached hydrogens (tertiary/aromatic N) is 1. The van der Waals surface area contributed by atoms with Gasteiger partial charge in [-0.1, -0.05) is 11.6 Å². The number of carbonyl (C=O) groups is 2. The minimum atomic E-state index is -0.704. The maximum Gasteiger partial charge on any atom is 0.258 e. The first-order valence-corrected chi connectivity index (χ1v) is 7.05. The van der Waals surface area contributed by atoms with Crippen LogP contribution in [-0.2, 0) is 4.79 Å². The zero-order valence-corrected chi connectivity index (χ0v) is 12.1. The molecule has 7 heteroatoms. The monoisotopic (exact) mass is 314 g/mol. The number of halogens is 2. The first kappa shape index (κ1) is 15.6. The SMILES string of the molecule is NC(=O)C[C@@H]1CCCCN1C(=O)c1cc(F)cc(Cl)c1O. The number of phenols is 1. The van der Waals surface area contributed by atoms with E-state index < -0.39 is 23.4 Å². The predicted octanol–water partition coefficient (Wildman–Crippen LogP) is 2.05. The van der Waals surface area contributed by atoms with E-state index >= 15 is 0 Å². The number of aromatic hydroxyl groups is 1. The number of hydrogen-bond acceptors (Lipinski definition) is 3. The van der Waals surface area contributed by atoms with E-state index in [9.17, 15) is 19.1 Å². The van der Waals surface area contributed by atoms with Crippen LogP contribution in [0.15, 0.2) is 12.1 Å². The van der Waals surface area contributed by atoms with Gasteiger partial charge in [-0.05, 0) is 31.4 Å². The fraction of sp³-hybridized carbons (Fsp3) is 0.429. The summed E-state index contributed by atoms with van der Waals surface area (Å²) in [5.41, 5.74) is 5.00. The Balaban J connectivity index is 2.31. The molecule has 0 aliphatic carbocycles. The van der Waals surface area contributed by atoms with Gasteiger partial charge < -0.3 is 15.7 Å². The van der Waals surface area contributed by atoms with Gasteiger partial charge in [-0.25, -0.2) is 4.39 Å². The summed E-state index contributed by atoms with van der Waals surface area (Å²) in [5.74, 6) is -2.20. The van der Waals surface area contributed by atoms with E-state index in [-0.39, 0.29) is 23.0 Å². The number of benzene rings is 1. The molecule has 0 saturated carbocycles. The highest BCUT2D eigenvalue weighted by Crippen LogP contribution is 2.31. The van der Waals surface area contributed by atoms with E-state index in [0.717, 1.165) is 25.0 Å². The Kier molecular flexibility index (Phi) is 4.67. The van der Waals surface area contributed by atoms with Gasteiger partial charge in [0.15, 0.2) is 0 Å². The van der Waals surface area contributed by atoms with Crippen molar-refractivity contribution in [3.05, 3.63) is 28.5 Å². The summed E-state index contributed by atoms with van der Waals surface area (Å²) in [4.78, 5) is 25.1. The number of nitrogens with two attached hydrogens (primary N) is 1. The normalized spacial score (nSPS) is 18.6. The number of piperidine rings is 1. The van der Waals surface area contributed by atoms with Crippen LogP contribution in [0.1, 0.15) is 36.0 Å². The third kappa shape index (κ3) is 3.44. The first-order valence-electron chi connectivity index (χ1n) is 6.67. The molecule has 0 bridgehead atoms. The molecule has 0 unspecified atom stereocenters. The van der Waals surface area contributed by atoms with E-state index in [1.807, 2.05) is 0 Å². The lowest BCUT2D eigenvalue weighted by Crippen LogP contribution is -2.45. The standard InChI is InChI=1S/C14H16ClFN2O3/c15-11-6-8(16)5-10(13(11)20)14(21)18-4-2-1-3-9(18)7-12(17)19/h5-6,9,20H,1-4,7H2,(H2,17,19)/t9-/m0/s1. The summed E-state index contributed by atoms with van der Waals surface area (Å²) in [7, 11) is 0. The summed E-state index contributed by atoms with van der Waals surface area (Å²) in [5, 5.41) is 9.63. The van der Waals surface area contributed by atoms with Gasteiger partial charge in [0.05, 0.1) is 10.6 Å². The molecule has 0 aromatic heterocycles. The summed E-state index contributed by atoms with van der Waals surface area (Å²) >= 11 is 5.69. The highest BCUT2D eigenvalue weighted by Gasteiger charge is 2.30. The zero-order chi connectivity index (χ0) is 15.6. The Bertz CT molecular complexity index is 580. The molecule has 0 radical (unpaired) electrons. The van der Waals surface area contributed by atoms with Crippen molar-refractivity contribution in [2.45, 2.75) is 31.7 Å². The smallest absolute Gasteiger partial charge is 0.258 e. The molecule has 1 fully saturated rings. The molecular formula is C14H16ClFN2O3. The number of likely N-dealkylation sites (tertiary alicyclic amines) is 1. The van der Waals surface area contributed by atoms with Crippen LogP contribution < -0.4 is 5.73 Å². The largest absolute Gasteiger partial charge is 0.506 e. The minimum absolute atomic E-state index is 0.0511. The van der Waals surface area contributed by atoms with Crippen molar-refractivity contribution in [2.24, 2.45) is 5.73 Å². The molecule has 1 atom stereocenters. The Morgan fingerprint density at radius 1 is 1.43 bits per heavy atom. The molecule has 114 valence electrons. The lowest BCUT2D eigenvalue weighted by molar-refractivity contribution is -0.119. The van der Waals surface area contributed by atoms with Crippen molar-refractivity contribution in [2.75, 3.05) is 6.54 Å². The van der Waals surface area contributed by atoms with E-state index in [1.165, 1.54) is 4.90 Å². The van der Waals surface area contributed by atoms with Crippen molar-refractivity contribution >= 4 is 23.4 Å². The van der Waals surface area contributed by atoms with Gasteiger partial charge in [-0.3, -0.25) is 9.59 Å². The Morgan fingerprint density at radius 2 is 2.14 bits per heavy atom. The molecule has 1 aromatic carbocycles. The van der Waals surface area contributed by atoms with Gasteiger partial charge in [-0.2, -0.15) is 0 Å². The fourth-order valence-electron chi connectivity index (χ4n) is 2.60. The third-order valence-electron chi connectivity index (χ3n) is 3.58. The maximum absolute atomic E-state index is 13.4. The highest BCUT2D eigenvalue weighted by atomic mass is 35.5. The van der Waals surface area contributed by atoms with Crippen LogP contribution in [0.25, 0.3) is 0 Å². The molecule has 0 spiro atoms. The van der Waals surface area contributed by atoms with Crippen LogP contribution in [0.5, 0.6) is 5.75 Å². The topological polar surface area (TPSA) is 83.6 Å². The maximum atomic E-state index is 13.4. The van der Waals surface area contributed by atoms with Gasteiger partial charge in [-0.15, -0.1) is 0 Å². The Labute approximate surface area is 126 Å². The van der Waals surface area contributed by atoms with Gasteiger partial charge in [0.25, 0.3) is 5.91 Å². The first-order chi connectivity index (χ1) is 9.90. The molecule has 1 heterocycles. The van der Waals surface area contributed by atoms with Gasteiger partial charge >= 0.3 is 0 Å². The van der Waals surface area contributed by atoms with Crippen LogP contribution in [0, 0.1) is 5.82 Å². The summed E-state index contributed by atoms with van der Waals surface area (Å²) in [6.07, 6.45) is 2.37. The summed E-state index contributed by atoms with van der Waals surface area (Å²) in [6, 6.07) is 1.55. The quantitative estimate of drug-likeness (QED) is 0.895. The molecule has 1 saturated heterocycles. The van der Waals surface area contributed by atoms with Crippen molar-refractivity contribution in [3.8, 4) is 5.75 Å². The van der Waals surface area contributed by atoms with Crippen LogP contribution in [0.4, 0.5) is 4.39 Å². The molecule has 1 aromatic rings. The predicted molar refractivity (Wildman–Crippen MR) is 75.6 cm³/mol. The van der Waals surface area contributed by atoms with E-state index in [0.29, 0.717) is 13.0 Å². The second-order valence-electron chi connectivity index (χ2n) is 5.10. The summed E-state index contributed by atoms with van der Waals surface area (Å²) in [6.45, 7) is 0.435. The van der Waals surface area contributed by atoms with Crippen molar-refractivity contribution in [3.63, 3.8) is 0 Å². The molecule has 3 N–H and O–H groups in total. The van der Waals surface area contributed by atoms with Crippen molar-refractivity contribution < 1.29 is 19.1 Å². The van der Waals surface area contributed by atoms with Crippen LogP contribution in [-0.4, -0.2) is 34.4 Å². The average Bonchev–Trinajstić information content (AvgIpc) is 2.42. The Hall–Kier alpha value is -1.82. The minimum Gasteiger partial charge on any atom is -0.506 e. The van der Waals surface area contributed by atoms with E-state index in [1.54, 1.807) is 0 Å². The van der Waals surface area contributed by atoms with Gasteiger partial charge in [0, 0.05) is 19.0 Å². The van der Waals surface area contributed by atoms with Crippen molar-refractivity contribution in [1.82, 2.24) is 4.90 Å². The number of carbonyl (C=O) groups excluding carboxylic acids is 2. The number of primary amides is 1. The van der Waals surface area contributed by atoms with Gasteiger partial charge in [0.2, 0.25) is 5.91 Å². The van der Waals surface area contributed by atoms with Crippen LogP contribution >= 0.6 is 11.6 Å². The molecular weight excluding hydrogens is 299 g/mol. The molecule has 1 aliphatic rings. The number of hydrogen-bond donors (Lipinski definition) is 2. The number of amides is 2. The fourth-order valence-corrected chi connectivity index (χ4v) is 2.80. The van der Waals surface area contributed by atoms with Crippen LogP contribution in [0.2, 0.25) is 5.02 Å². The zero-order valence-electron chi connectivity index (χ0n) is 11.3. The highest BCUT2D eigenvalue weighted by molar-refractivity contribution is 6.32. The van der Waals surface area contributed by atoms with Crippen LogP contribution in [0.3, 0.4) is 0 Å². The number of rotatable bonds is 3. The van der Waals surface area contributed by atoms with Gasteiger partial charge in [0.1, 0.15) is 11.6 Å². The molecule has 5 nitrogen and oxygen atoms in total. The average molecular weight is 315 g/mol.